The molecule has 2 aromatic carbocycles. The van der Waals surface area contributed by atoms with E-state index in [0.29, 0.717) is 36.0 Å². The van der Waals surface area contributed by atoms with Crippen LogP contribution in [0.25, 0.3) is 0 Å². The fraction of sp³-hybridized carbons (Fsp3) is 0.190. The molecule has 1 aromatic heterocycles. The van der Waals surface area contributed by atoms with Gasteiger partial charge in [-0.1, -0.05) is 0 Å². The number of aromatic nitrogens is 2. The molecule has 0 radical (unpaired) electrons. The molecule has 0 saturated heterocycles. The van der Waals surface area contributed by atoms with Crippen molar-refractivity contribution in [2.75, 3.05) is 23.3 Å². The lowest BCUT2D eigenvalue weighted by molar-refractivity contribution is 0.102. The molecule has 31 heavy (non-hydrogen) atoms. The van der Waals surface area contributed by atoms with Gasteiger partial charge in [-0.2, -0.15) is 0 Å². The molecule has 0 spiro atoms. The molecule has 162 valence electrons. The van der Waals surface area contributed by atoms with Gasteiger partial charge in [-0.3, -0.25) is 4.79 Å². The van der Waals surface area contributed by atoms with E-state index in [9.17, 15) is 13.2 Å². The van der Waals surface area contributed by atoms with E-state index in [0.717, 1.165) is 0 Å². The van der Waals surface area contributed by atoms with Crippen molar-refractivity contribution in [3.8, 4) is 11.5 Å². The largest absolute Gasteiger partial charge is 0.490 e. The first-order chi connectivity index (χ1) is 14.9. The smallest absolute Gasteiger partial charge is 0.264 e. The van der Waals surface area contributed by atoms with Gasteiger partial charge in [0.15, 0.2) is 11.5 Å². The van der Waals surface area contributed by atoms with Crippen LogP contribution in [0.3, 0.4) is 0 Å². The third kappa shape index (κ3) is 5.70. The number of ether oxygens (including phenoxy) is 2. The second-order valence-electron chi connectivity index (χ2n) is 6.18. The van der Waals surface area contributed by atoms with Gasteiger partial charge >= 0.3 is 0 Å². The zero-order valence-electron chi connectivity index (χ0n) is 17.0. The van der Waals surface area contributed by atoms with Gasteiger partial charge in [0.25, 0.3) is 15.9 Å². The molecule has 1 amide bonds. The molecule has 2 N–H and O–H groups in total. The van der Waals surface area contributed by atoms with E-state index < -0.39 is 10.0 Å². The number of sulfonamides is 1. The number of hydrogen-bond donors (Lipinski definition) is 2. The molecule has 0 atom stereocenters. The van der Waals surface area contributed by atoms with Crippen molar-refractivity contribution in [3.63, 3.8) is 0 Å². The summed E-state index contributed by atoms with van der Waals surface area (Å²) in [5, 5.41) is 2.73. The molecule has 0 aliphatic carbocycles. The molecule has 0 fully saturated rings. The Bertz CT molecular complexity index is 1140. The topological polar surface area (TPSA) is 120 Å². The molecule has 0 unspecified atom stereocenters. The monoisotopic (exact) mass is 442 g/mol. The molecule has 1 heterocycles. The minimum atomic E-state index is -3.85. The molecule has 9 nitrogen and oxygen atoms in total. The number of nitrogens with zero attached hydrogens (tertiary/aromatic N) is 2. The number of anilines is 2. The minimum absolute atomic E-state index is 0.0117. The van der Waals surface area contributed by atoms with Crippen molar-refractivity contribution in [1.29, 1.82) is 0 Å². The molecule has 3 aromatic rings. The average Bonchev–Trinajstić information content (AvgIpc) is 2.76. The highest BCUT2D eigenvalue weighted by molar-refractivity contribution is 7.92. The van der Waals surface area contributed by atoms with E-state index in [1.807, 2.05) is 13.8 Å². The quantitative estimate of drug-likeness (QED) is 0.522. The lowest BCUT2D eigenvalue weighted by atomic mass is 10.2. The van der Waals surface area contributed by atoms with Crippen LogP contribution in [0.15, 0.2) is 65.8 Å². The summed E-state index contributed by atoms with van der Waals surface area (Å²) >= 11 is 0. The second-order valence-corrected chi connectivity index (χ2v) is 7.87. The fourth-order valence-electron chi connectivity index (χ4n) is 2.64. The molecular weight excluding hydrogens is 420 g/mol. The highest BCUT2D eigenvalue weighted by Crippen LogP contribution is 2.29. The fourth-order valence-corrected chi connectivity index (χ4v) is 3.60. The first kappa shape index (κ1) is 22.0. The molecular formula is C21H22N4O5S. The first-order valence-electron chi connectivity index (χ1n) is 9.54. The van der Waals surface area contributed by atoms with E-state index in [-0.39, 0.29) is 16.8 Å². The van der Waals surface area contributed by atoms with Gasteiger partial charge in [0.2, 0.25) is 5.95 Å². The summed E-state index contributed by atoms with van der Waals surface area (Å²) in [7, 11) is -3.85. The average molecular weight is 442 g/mol. The van der Waals surface area contributed by atoms with E-state index >= 15 is 0 Å². The predicted molar refractivity (Wildman–Crippen MR) is 116 cm³/mol. The van der Waals surface area contributed by atoms with Crippen molar-refractivity contribution >= 4 is 27.6 Å². The van der Waals surface area contributed by atoms with Crippen LogP contribution in [-0.4, -0.2) is 37.5 Å². The normalized spacial score (nSPS) is 10.9. The molecule has 0 aliphatic heterocycles. The number of hydrogen-bond acceptors (Lipinski definition) is 7. The highest BCUT2D eigenvalue weighted by Gasteiger charge is 2.16. The van der Waals surface area contributed by atoms with Gasteiger partial charge in [-0.25, -0.2) is 23.1 Å². The number of benzene rings is 2. The lowest BCUT2D eigenvalue weighted by Crippen LogP contribution is -2.15. The summed E-state index contributed by atoms with van der Waals surface area (Å²) in [5.41, 5.74) is 0.818. The van der Waals surface area contributed by atoms with Crippen LogP contribution in [0, 0.1) is 0 Å². The second kappa shape index (κ2) is 9.90. The third-order valence-corrected chi connectivity index (χ3v) is 5.36. The maximum Gasteiger partial charge on any atom is 0.264 e. The molecule has 0 bridgehead atoms. The predicted octanol–water partition coefficient (Wildman–Crippen LogP) is 3.33. The summed E-state index contributed by atoms with van der Waals surface area (Å²) < 4.78 is 38.2. The zero-order valence-corrected chi connectivity index (χ0v) is 17.8. The van der Waals surface area contributed by atoms with Crippen molar-refractivity contribution in [1.82, 2.24) is 9.97 Å². The molecule has 3 rings (SSSR count). The summed E-state index contributed by atoms with van der Waals surface area (Å²) in [5.74, 6) is 0.647. The van der Waals surface area contributed by atoms with E-state index in [4.69, 9.17) is 9.47 Å². The Morgan fingerprint density at radius 2 is 1.58 bits per heavy atom. The van der Waals surface area contributed by atoms with E-state index in [1.165, 1.54) is 36.7 Å². The van der Waals surface area contributed by atoms with Crippen LogP contribution in [0.5, 0.6) is 11.5 Å². The summed E-state index contributed by atoms with van der Waals surface area (Å²) in [4.78, 5) is 20.3. The lowest BCUT2D eigenvalue weighted by Gasteiger charge is -2.13. The van der Waals surface area contributed by atoms with Crippen LogP contribution in [0.2, 0.25) is 0 Å². The summed E-state index contributed by atoms with van der Waals surface area (Å²) in [6, 6.07) is 12.2. The molecule has 0 aliphatic rings. The standard InChI is InChI=1S/C21H22N4O5S/c1-3-29-18-11-6-15(14-19(18)30-4-2)20(26)24-16-7-9-17(10-8-16)31(27,28)25-21-22-12-5-13-23-21/h5-14H,3-4H2,1-2H3,(H,24,26)(H,22,23,25). The van der Waals surface area contributed by atoms with Crippen LogP contribution in [0.1, 0.15) is 24.2 Å². The van der Waals surface area contributed by atoms with Gasteiger partial charge in [-0.05, 0) is 62.4 Å². The Labute approximate surface area is 180 Å². The number of rotatable bonds is 9. The van der Waals surface area contributed by atoms with Crippen LogP contribution in [0.4, 0.5) is 11.6 Å². The Kier molecular flexibility index (Phi) is 7.03. The van der Waals surface area contributed by atoms with Gasteiger partial charge < -0.3 is 14.8 Å². The highest BCUT2D eigenvalue weighted by atomic mass is 32.2. The van der Waals surface area contributed by atoms with Gasteiger partial charge in [-0.15, -0.1) is 0 Å². The van der Waals surface area contributed by atoms with Crippen molar-refractivity contribution < 1.29 is 22.7 Å². The van der Waals surface area contributed by atoms with Gasteiger partial charge in [0.05, 0.1) is 18.1 Å². The van der Waals surface area contributed by atoms with Crippen molar-refractivity contribution in [2.24, 2.45) is 0 Å². The van der Waals surface area contributed by atoms with Crippen LogP contribution >= 0.6 is 0 Å². The number of carbonyl (C=O) groups is 1. The Morgan fingerprint density at radius 3 is 2.23 bits per heavy atom. The maximum absolute atomic E-state index is 12.6. The van der Waals surface area contributed by atoms with Crippen molar-refractivity contribution in [2.45, 2.75) is 18.7 Å². The van der Waals surface area contributed by atoms with Gasteiger partial charge in [0, 0.05) is 23.6 Å². The van der Waals surface area contributed by atoms with Crippen LogP contribution in [-0.2, 0) is 10.0 Å². The first-order valence-corrected chi connectivity index (χ1v) is 11.0. The van der Waals surface area contributed by atoms with Gasteiger partial charge in [0.1, 0.15) is 0 Å². The van der Waals surface area contributed by atoms with E-state index in [2.05, 4.69) is 20.0 Å². The number of nitrogens with one attached hydrogen (secondary N) is 2. The Hall–Kier alpha value is -3.66. The minimum Gasteiger partial charge on any atom is -0.490 e. The zero-order chi connectivity index (χ0) is 22.3. The van der Waals surface area contributed by atoms with Crippen molar-refractivity contribution in [3.05, 3.63) is 66.5 Å². The Morgan fingerprint density at radius 1 is 0.935 bits per heavy atom. The third-order valence-electron chi connectivity index (χ3n) is 4.02. The summed E-state index contributed by atoms with van der Waals surface area (Å²) in [6.07, 6.45) is 2.86. The SMILES string of the molecule is CCOc1ccc(C(=O)Nc2ccc(S(=O)(=O)Nc3ncccn3)cc2)cc1OCC. The molecule has 0 saturated carbocycles. The Balaban J connectivity index is 1.72. The number of amides is 1. The van der Waals surface area contributed by atoms with E-state index in [1.54, 1.807) is 24.3 Å². The maximum atomic E-state index is 12.6. The number of carbonyl (C=O) groups excluding carboxylic acids is 1. The van der Waals surface area contributed by atoms with Crippen LogP contribution < -0.4 is 19.5 Å². The molecule has 10 heteroatoms. The summed E-state index contributed by atoms with van der Waals surface area (Å²) in [6.45, 7) is 4.62.